The molecule has 1 aliphatic heterocycles. The highest BCUT2D eigenvalue weighted by Gasteiger charge is 2.25. The number of ether oxygens (including phenoxy) is 1. The first-order chi connectivity index (χ1) is 15.3. The van der Waals surface area contributed by atoms with Crippen molar-refractivity contribution in [3.8, 4) is 5.75 Å². The van der Waals surface area contributed by atoms with Gasteiger partial charge in [0.15, 0.2) is 5.11 Å². The summed E-state index contributed by atoms with van der Waals surface area (Å²) in [6.07, 6.45) is 2.93. The van der Waals surface area contributed by atoms with Crippen LogP contribution in [0, 0.1) is 10.1 Å². The Morgan fingerprint density at radius 2 is 1.91 bits per heavy atom. The number of anilines is 1. The van der Waals surface area contributed by atoms with E-state index >= 15 is 0 Å². The second-order valence-electron chi connectivity index (χ2n) is 6.88. The van der Waals surface area contributed by atoms with Gasteiger partial charge in [0, 0.05) is 42.3 Å². The van der Waals surface area contributed by atoms with Gasteiger partial charge in [-0.05, 0) is 48.1 Å². The van der Waals surface area contributed by atoms with E-state index in [-0.39, 0.29) is 11.6 Å². The molecule has 0 unspecified atom stereocenters. The molecular formula is C21H20Cl2N4O4S. The number of methoxy groups -OCH3 is 1. The van der Waals surface area contributed by atoms with Gasteiger partial charge in [-0.3, -0.25) is 20.2 Å². The first-order valence-corrected chi connectivity index (χ1v) is 10.8. The number of halogens is 2. The van der Waals surface area contributed by atoms with E-state index in [1.807, 2.05) is 9.80 Å². The van der Waals surface area contributed by atoms with E-state index in [1.165, 1.54) is 19.3 Å². The maximum Gasteiger partial charge on any atom is 0.296 e. The maximum atomic E-state index is 12.2. The number of carbonyl (C=O) groups is 1. The zero-order valence-corrected chi connectivity index (χ0v) is 19.4. The Balaban J connectivity index is 1.57. The van der Waals surface area contributed by atoms with E-state index in [2.05, 4.69) is 5.32 Å². The third-order valence-electron chi connectivity index (χ3n) is 4.89. The molecular weight excluding hydrogens is 475 g/mol. The van der Waals surface area contributed by atoms with E-state index in [0.717, 1.165) is 0 Å². The molecule has 0 spiro atoms. The highest BCUT2D eigenvalue weighted by Crippen LogP contribution is 2.32. The number of hydrogen-bond donors (Lipinski definition) is 1. The molecule has 168 valence electrons. The van der Waals surface area contributed by atoms with Gasteiger partial charge >= 0.3 is 0 Å². The normalized spacial score (nSPS) is 13.8. The van der Waals surface area contributed by atoms with Gasteiger partial charge in [0.2, 0.25) is 5.91 Å². The van der Waals surface area contributed by atoms with Gasteiger partial charge in [-0.25, -0.2) is 0 Å². The number of hydrogen-bond acceptors (Lipinski definition) is 6. The van der Waals surface area contributed by atoms with Crippen molar-refractivity contribution >= 4 is 63.9 Å². The molecule has 1 fully saturated rings. The number of amides is 1. The minimum atomic E-state index is -0.422. The largest absolute Gasteiger partial charge is 0.496 e. The molecule has 0 aliphatic carbocycles. The lowest BCUT2D eigenvalue weighted by Crippen LogP contribution is -2.52. The molecule has 32 heavy (non-hydrogen) atoms. The van der Waals surface area contributed by atoms with E-state index < -0.39 is 4.92 Å². The molecule has 0 atom stereocenters. The number of nitro benzene ring substituents is 1. The summed E-state index contributed by atoms with van der Waals surface area (Å²) >= 11 is 17.3. The summed E-state index contributed by atoms with van der Waals surface area (Å²) in [5.74, 6) is 0.0464. The van der Waals surface area contributed by atoms with Crippen molar-refractivity contribution in [2.24, 2.45) is 0 Å². The van der Waals surface area contributed by atoms with E-state index in [1.54, 1.807) is 36.4 Å². The van der Waals surface area contributed by atoms with Crippen LogP contribution < -0.4 is 15.0 Å². The van der Waals surface area contributed by atoms with Gasteiger partial charge in [0.25, 0.3) is 5.69 Å². The Bertz CT molecular complexity index is 1070. The third-order valence-corrected chi connectivity index (χ3v) is 5.82. The van der Waals surface area contributed by atoms with Crippen LogP contribution in [0.25, 0.3) is 6.08 Å². The number of rotatable bonds is 5. The van der Waals surface area contributed by atoms with E-state index in [9.17, 15) is 14.9 Å². The van der Waals surface area contributed by atoms with Gasteiger partial charge < -0.3 is 14.5 Å². The molecule has 1 N–H and O–H groups in total. The molecule has 0 aromatic heterocycles. The predicted octanol–water partition coefficient (Wildman–Crippen LogP) is 4.15. The molecule has 1 saturated heterocycles. The minimum Gasteiger partial charge on any atom is -0.496 e. The van der Waals surface area contributed by atoms with Gasteiger partial charge in [-0.2, -0.15) is 0 Å². The summed E-state index contributed by atoms with van der Waals surface area (Å²) < 4.78 is 5.09. The summed E-state index contributed by atoms with van der Waals surface area (Å²) in [4.78, 5) is 27.0. The monoisotopic (exact) mass is 494 g/mol. The van der Waals surface area contributed by atoms with Crippen LogP contribution in [0.4, 0.5) is 11.4 Å². The number of nitrogens with zero attached hydrogens (tertiary/aromatic N) is 3. The van der Waals surface area contributed by atoms with E-state index in [0.29, 0.717) is 58.3 Å². The molecule has 8 nitrogen and oxygen atoms in total. The van der Waals surface area contributed by atoms with Crippen LogP contribution in [0.1, 0.15) is 5.56 Å². The van der Waals surface area contributed by atoms with Crippen LogP contribution in [-0.2, 0) is 4.79 Å². The molecule has 2 aromatic rings. The number of benzene rings is 2. The molecule has 3 rings (SSSR count). The molecule has 1 aliphatic rings. The summed E-state index contributed by atoms with van der Waals surface area (Å²) in [7, 11) is 1.46. The highest BCUT2D eigenvalue weighted by molar-refractivity contribution is 7.80. The van der Waals surface area contributed by atoms with Crippen molar-refractivity contribution in [2.45, 2.75) is 0 Å². The molecule has 0 radical (unpaired) electrons. The fourth-order valence-electron chi connectivity index (χ4n) is 3.22. The van der Waals surface area contributed by atoms with Crippen LogP contribution in [-0.4, -0.2) is 54.1 Å². The number of carbonyl (C=O) groups excluding carboxylic acids is 1. The summed E-state index contributed by atoms with van der Waals surface area (Å²) in [5.41, 5.74) is 1.17. The van der Waals surface area contributed by atoms with Gasteiger partial charge in [0.1, 0.15) is 11.4 Å². The number of nitro groups is 1. The average Bonchev–Trinajstić information content (AvgIpc) is 2.78. The first-order valence-electron chi connectivity index (χ1n) is 9.59. The molecule has 1 heterocycles. The third kappa shape index (κ3) is 5.87. The zero-order valence-electron chi connectivity index (χ0n) is 17.1. The minimum absolute atomic E-state index is 0.0142. The Morgan fingerprint density at radius 1 is 1.19 bits per heavy atom. The lowest BCUT2D eigenvalue weighted by molar-refractivity contribution is -0.384. The van der Waals surface area contributed by atoms with E-state index in [4.69, 9.17) is 40.2 Å². The van der Waals surface area contributed by atoms with Crippen molar-refractivity contribution in [1.82, 2.24) is 10.2 Å². The Hall–Kier alpha value is -2.88. The second-order valence-corrected chi connectivity index (χ2v) is 8.11. The number of nitrogens with one attached hydrogen (secondary N) is 1. The quantitative estimate of drug-likeness (QED) is 0.289. The first kappa shape index (κ1) is 23.8. The topological polar surface area (TPSA) is 88.0 Å². The van der Waals surface area contributed by atoms with Gasteiger partial charge in [0.05, 0.1) is 18.1 Å². The fourth-order valence-corrected chi connectivity index (χ4v) is 3.98. The summed E-state index contributed by atoms with van der Waals surface area (Å²) in [6, 6.07) is 9.77. The van der Waals surface area contributed by atoms with Crippen molar-refractivity contribution in [1.29, 1.82) is 0 Å². The molecule has 2 aromatic carbocycles. The van der Waals surface area contributed by atoms with Crippen molar-refractivity contribution in [3.63, 3.8) is 0 Å². The summed E-state index contributed by atoms with van der Waals surface area (Å²) in [6.45, 7) is 2.04. The average molecular weight is 495 g/mol. The smallest absolute Gasteiger partial charge is 0.296 e. The number of piperazine rings is 1. The maximum absolute atomic E-state index is 12.2. The molecule has 11 heteroatoms. The standard InChI is InChI=1S/C21H20Cl2N4O4S/c1-31-16-5-6-18(19(13-16)27(29)30)25-8-10-26(11-9-25)21(32)24-20(28)7-3-14-2-4-15(22)12-17(14)23/h2-7,12-13H,8-11H2,1H3,(H,24,28,32)/b7-3+. The van der Waals surface area contributed by atoms with Gasteiger partial charge in [-0.15, -0.1) is 0 Å². The Labute approximate surface area is 200 Å². The molecule has 0 bridgehead atoms. The van der Waals surface area contributed by atoms with Crippen LogP contribution in [0.5, 0.6) is 5.75 Å². The summed E-state index contributed by atoms with van der Waals surface area (Å²) in [5, 5.41) is 15.4. The zero-order chi connectivity index (χ0) is 23.3. The lowest BCUT2D eigenvalue weighted by atomic mass is 10.2. The Kier molecular flexibility index (Phi) is 7.89. The van der Waals surface area contributed by atoms with Crippen LogP contribution in [0.2, 0.25) is 10.0 Å². The van der Waals surface area contributed by atoms with Crippen LogP contribution >= 0.6 is 35.4 Å². The van der Waals surface area contributed by atoms with Crippen molar-refractivity contribution in [2.75, 3.05) is 38.2 Å². The Morgan fingerprint density at radius 3 is 2.53 bits per heavy atom. The SMILES string of the molecule is COc1ccc(N2CCN(C(=S)NC(=O)/C=C/c3ccc(Cl)cc3Cl)CC2)c([N+](=O)[O-])c1. The molecule has 0 saturated carbocycles. The molecule has 1 amide bonds. The van der Waals surface area contributed by atoms with Crippen LogP contribution in [0.3, 0.4) is 0 Å². The highest BCUT2D eigenvalue weighted by atomic mass is 35.5. The fraction of sp³-hybridized carbons (Fsp3) is 0.238. The van der Waals surface area contributed by atoms with Crippen molar-refractivity contribution < 1.29 is 14.5 Å². The van der Waals surface area contributed by atoms with Crippen LogP contribution in [0.15, 0.2) is 42.5 Å². The number of thiocarbonyl (C=S) groups is 1. The van der Waals surface area contributed by atoms with Gasteiger partial charge in [-0.1, -0.05) is 29.3 Å². The predicted molar refractivity (Wildman–Crippen MR) is 130 cm³/mol. The second kappa shape index (κ2) is 10.6. The van der Waals surface area contributed by atoms with Crippen molar-refractivity contribution in [3.05, 3.63) is 68.2 Å². The lowest BCUT2D eigenvalue weighted by Gasteiger charge is -2.36.